The molecule has 3 heteroatoms. The van der Waals surface area contributed by atoms with Crippen LogP contribution in [0.15, 0.2) is 41.8 Å². The molecule has 2 unspecified atom stereocenters. The van der Waals surface area contributed by atoms with Crippen LogP contribution in [0.2, 0.25) is 0 Å². The maximum atomic E-state index is 9.25. The highest BCUT2D eigenvalue weighted by atomic mass is 32.1. The average Bonchev–Trinajstić information content (AvgIpc) is 2.85. The van der Waals surface area contributed by atoms with Gasteiger partial charge in [0, 0.05) is 17.0 Å². The summed E-state index contributed by atoms with van der Waals surface area (Å²) in [6, 6.07) is 12.5. The van der Waals surface area contributed by atoms with Gasteiger partial charge in [-0.1, -0.05) is 18.2 Å². The van der Waals surface area contributed by atoms with Gasteiger partial charge in [0.2, 0.25) is 0 Å². The lowest BCUT2D eigenvalue weighted by atomic mass is 10.1. The summed E-state index contributed by atoms with van der Waals surface area (Å²) in [6.45, 7) is 4.39. The molecule has 2 aromatic rings. The van der Waals surface area contributed by atoms with Crippen molar-refractivity contribution < 1.29 is 5.11 Å². The number of phenols is 1. The zero-order valence-electron chi connectivity index (χ0n) is 10.8. The van der Waals surface area contributed by atoms with Crippen molar-refractivity contribution in [3.8, 4) is 5.75 Å². The first-order valence-corrected chi connectivity index (χ1v) is 7.10. The molecule has 1 aromatic carbocycles. The predicted octanol–water partition coefficient (Wildman–Crippen LogP) is 3.74. The minimum Gasteiger partial charge on any atom is -0.508 e. The number of hydrogen-bond donors (Lipinski definition) is 2. The largest absolute Gasteiger partial charge is 0.508 e. The van der Waals surface area contributed by atoms with E-state index in [9.17, 15) is 5.11 Å². The van der Waals surface area contributed by atoms with Gasteiger partial charge in [-0.25, -0.2) is 0 Å². The third-order valence-corrected chi connectivity index (χ3v) is 4.04. The molecule has 0 spiro atoms. The van der Waals surface area contributed by atoms with E-state index in [1.54, 1.807) is 23.5 Å². The fraction of sp³-hybridized carbons (Fsp3) is 0.333. The molecule has 0 aliphatic carbocycles. The Bertz CT molecular complexity index is 464. The van der Waals surface area contributed by atoms with Gasteiger partial charge >= 0.3 is 0 Å². The maximum Gasteiger partial charge on any atom is 0.115 e. The van der Waals surface area contributed by atoms with Gasteiger partial charge in [-0.3, -0.25) is 0 Å². The highest BCUT2D eigenvalue weighted by molar-refractivity contribution is 7.10. The van der Waals surface area contributed by atoms with Crippen molar-refractivity contribution in [2.75, 3.05) is 0 Å². The lowest BCUT2D eigenvalue weighted by Crippen LogP contribution is -2.30. The summed E-state index contributed by atoms with van der Waals surface area (Å²) in [4.78, 5) is 1.37. The third-order valence-electron chi connectivity index (χ3n) is 2.98. The van der Waals surface area contributed by atoms with Crippen molar-refractivity contribution in [1.82, 2.24) is 5.32 Å². The molecule has 0 fully saturated rings. The third kappa shape index (κ3) is 3.59. The zero-order chi connectivity index (χ0) is 13.0. The van der Waals surface area contributed by atoms with E-state index in [0.29, 0.717) is 17.8 Å². The highest BCUT2D eigenvalue weighted by Gasteiger charge is 2.10. The highest BCUT2D eigenvalue weighted by Crippen LogP contribution is 2.19. The Morgan fingerprint density at radius 1 is 1.17 bits per heavy atom. The van der Waals surface area contributed by atoms with Gasteiger partial charge in [0.25, 0.3) is 0 Å². The second kappa shape index (κ2) is 6.03. The molecule has 0 aliphatic rings. The fourth-order valence-electron chi connectivity index (χ4n) is 2.09. The monoisotopic (exact) mass is 261 g/mol. The number of thiophene rings is 1. The first kappa shape index (κ1) is 13.1. The van der Waals surface area contributed by atoms with Gasteiger partial charge in [0.15, 0.2) is 0 Å². The quantitative estimate of drug-likeness (QED) is 0.859. The number of rotatable bonds is 5. The van der Waals surface area contributed by atoms with Crippen LogP contribution in [0.3, 0.4) is 0 Å². The smallest absolute Gasteiger partial charge is 0.115 e. The van der Waals surface area contributed by atoms with E-state index in [0.717, 1.165) is 6.42 Å². The Morgan fingerprint density at radius 2 is 1.89 bits per heavy atom. The molecule has 2 atom stereocenters. The van der Waals surface area contributed by atoms with Crippen LogP contribution in [0.4, 0.5) is 0 Å². The van der Waals surface area contributed by atoms with Crippen molar-refractivity contribution >= 4 is 11.3 Å². The van der Waals surface area contributed by atoms with E-state index in [-0.39, 0.29) is 0 Å². The molecule has 0 aliphatic heterocycles. The minimum absolute atomic E-state index is 0.325. The second-order valence-electron chi connectivity index (χ2n) is 4.68. The van der Waals surface area contributed by atoms with Crippen molar-refractivity contribution in [2.45, 2.75) is 32.4 Å². The summed E-state index contributed by atoms with van der Waals surface area (Å²) in [5.41, 5.74) is 1.24. The van der Waals surface area contributed by atoms with Crippen LogP contribution in [-0.2, 0) is 6.42 Å². The molecule has 2 rings (SSSR count). The fourth-order valence-corrected chi connectivity index (χ4v) is 2.83. The van der Waals surface area contributed by atoms with Gasteiger partial charge in [-0.05, 0) is 49.4 Å². The Labute approximate surface area is 112 Å². The first-order chi connectivity index (χ1) is 8.65. The van der Waals surface area contributed by atoms with Crippen LogP contribution in [0, 0.1) is 0 Å². The number of hydrogen-bond acceptors (Lipinski definition) is 3. The van der Waals surface area contributed by atoms with Crippen LogP contribution in [-0.4, -0.2) is 11.1 Å². The van der Waals surface area contributed by atoms with Crippen LogP contribution in [0.1, 0.15) is 30.3 Å². The van der Waals surface area contributed by atoms with Crippen molar-refractivity contribution in [1.29, 1.82) is 0 Å². The summed E-state index contributed by atoms with van der Waals surface area (Å²) in [7, 11) is 0. The van der Waals surface area contributed by atoms with E-state index in [1.807, 2.05) is 12.1 Å². The van der Waals surface area contributed by atoms with Gasteiger partial charge in [-0.15, -0.1) is 11.3 Å². The molecular weight excluding hydrogens is 242 g/mol. The molecule has 1 aromatic heterocycles. The lowest BCUT2D eigenvalue weighted by molar-refractivity contribution is 0.472. The second-order valence-corrected chi connectivity index (χ2v) is 5.65. The molecule has 0 saturated carbocycles. The summed E-state index contributed by atoms with van der Waals surface area (Å²) in [6.07, 6.45) is 0.968. The molecule has 1 heterocycles. The minimum atomic E-state index is 0.325. The first-order valence-electron chi connectivity index (χ1n) is 6.22. The predicted molar refractivity (Wildman–Crippen MR) is 77.1 cm³/mol. The zero-order valence-corrected chi connectivity index (χ0v) is 11.6. The van der Waals surface area contributed by atoms with Gasteiger partial charge < -0.3 is 10.4 Å². The summed E-state index contributed by atoms with van der Waals surface area (Å²) >= 11 is 1.79. The van der Waals surface area contributed by atoms with Crippen molar-refractivity contribution in [3.05, 3.63) is 52.2 Å². The van der Waals surface area contributed by atoms with Crippen LogP contribution >= 0.6 is 11.3 Å². The standard InChI is InChI=1S/C15H19NOS/c1-11(10-13-5-7-14(17)8-6-13)16-12(2)15-4-3-9-18-15/h3-9,11-12,16-17H,10H2,1-2H3. The normalized spacial score (nSPS) is 14.3. The molecule has 2 N–H and O–H groups in total. The molecule has 96 valence electrons. The summed E-state index contributed by atoms with van der Waals surface area (Å²) in [5, 5.41) is 14.9. The van der Waals surface area contributed by atoms with Crippen LogP contribution in [0.5, 0.6) is 5.75 Å². The van der Waals surface area contributed by atoms with Crippen LogP contribution in [0.25, 0.3) is 0 Å². The maximum absolute atomic E-state index is 9.25. The molecule has 0 bridgehead atoms. The Balaban J connectivity index is 1.88. The van der Waals surface area contributed by atoms with Gasteiger partial charge in [0.1, 0.15) is 5.75 Å². The molecule has 0 amide bonds. The molecule has 0 saturated heterocycles. The van der Waals surface area contributed by atoms with Gasteiger partial charge in [-0.2, -0.15) is 0 Å². The molecule has 18 heavy (non-hydrogen) atoms. The Hall–Kier alpha value is -1.32. The summed E-state index contributed by atoms with van der Waals surface area (Å²) in [5.74, 6) is 0.325. The van der Waals surface area contributed by atoms with Gasteiger partial charge in [0.05, 0.1) is 0 Å². The number of benzene rings is 1. The topological polar surface area (TPSA) is 32.3 Å². The number of aromatic hydroxyl groups is 1. The summed E-state index contributed by atoms with van der Waals surface area (Å²) < 4.78 is 0. The van der Waals surface area contributed by atoms with E-state index >= 15 is 0 Å². The van der Waals surface area contributed by atoms with Crippen LogP contribution < -0.4 is 5.32 Å². The van der Waals surface area contributed by atoms with E-state index < -0.39 is 0 Å². The Kier molecular flexibility index (Phi) is 4.39. The van der Waals surface area contributed by atoms with Crippen molar-refractivity contribution in [2.24, 2.45) is 0 Å². The SMILES string of the molecule is CC(Cc1ccc(O)cc1)NC(C)c1cccs1. The number of phenolic OH excluding ortho intramolecular Hbond substituents is 1. The van der Waals surface area contributed by atoms with Crippen molar-refractivity contribution in [3.63, 3.8) is 0 Å². The molecule has 0 radical (unpaired) electrons. The average molecular weight is 261 g/mol. The van der Waals surface area contributed by atoms with E-state index in [2.05, 4.69) is 36.7 Å². The number of nitrogens with one attached hydrogen (secondary N) is 1. The molecule has 2 nitrogen and oxygen atoms in total. The lowest BCUT2D eigenvalue weighted by Gasteiger charge is -2.19. The molecular formula is C15H19NOS. The van der Waals surface area contributed by atoms with E-state index in [1.165, 1.54) is 10.4 Å². The van der Waals surface area contributed by atoms with E-state index in [4.69, 9.17) is 0 Å². The Morgan fingerprint density at radius 3 is 2.50 bits per heavy atom.